The number of ether oxygens (including phenoxy) is 1. The summed E-state index contributed by atoms with van der Waals surface area (Å²) in [7, 11) is 1.53. The molecule has 9 nitrogen and oxygen atoms in total. The van der Waals surface area contributed by atoms with Gasteiger partial charge in [0.15, 0.2) is 11.0 Å². The van der Waals surface area contributed by atoms with Gasteiger partial charge in [0, 0.05) is 17.8 Å². The van der Waals surface area contributed by atoms with E-state index in [0.717, 1.165) is 11.8 Å². The number of thioether (sulfide) groups is 1. The van der Waals surface area contributed by atoms with Crippen LogP contribution in [0.4, 0.5) is 10.1 Å². The minimum atomic E-state index is -0.829. The lowest BCUT2D eigenvalue weighted by Crippen LogP contribution is -2.33. The number of aliphatic hydroxyl groups is 1. The van der Waals surface area contributed by atoms with Crippen LogP contribution in [-0.4, -0.2) is 51.2 Å². The number of nitrogens with one attached hydrogen (secondary N) is 2. The van der Waals surface area contributed by atoms with Crippen molar-refractivity contribution in [3.63, 3.8) is 0 Å². The van der Waals surface area contributed by atoms with E-state index >= 15 is 0 Å². The normalized spacial score (nSPS) is 11.5. The molecule has 34 heavy (non-hydrogen) atoms. The Labute approximate surface area is 200 Å². The number of benzene rings is 2. The second-order valence-electron chi connectivity index (χ2n) is 7.02. The highest BCUT2D eigenvalue weighted by Crippen LogP contribution is 2.22. The van der Waals surface area contributed by atoms with Crippen LogP contribution in [0.3, 0.4) is 0 Å². The molecule has 0 aliphatic heterocycles. The van der Waals surface area contributed by atoms with Gasteiger partial charge in [0.2, 0.25) is 5.91 Å². The van der Waals surface area contributed by atoms with Crippen LogP contribution >= 0.6 is 11.8 Å². The van der Waals surface area contributed by atoms with E-state index in [9.17, 15) is 19.1 Å². The molecule has 0 unspecified atom stereocenters. The van der Waals surface area contributed by atoms with Gasteiger partial charge in [-0.3, -0.25) is 9.59 Å². The molecule has 0 radical (unpaired) electrons. The van der Waals surface area contributed by atoms with Gasteiger partial charge in [0.05, 0.1) is 19.5 Å². The average Bonchev–Trinajstić information content (AvgIpc) is 3.25. The second-order valence-corrected chi connectivity index (χ2v) is 7.96. The lowest BCUT2D eigenvalue weighted by Gasteiger charge is -2.17. The lowest BCUT2D eigenvalue weighted by atomic mass is 10.2. The first-order valence-corrected chi connectivity index (χ1v) is 11.2. The molecule has 1 atom stereocenters. The maximum absolute atomic E-state index is 13.0. The largest absolute Gasteiger partial charge is 0.497 e. The Morgan fingerprint density at radius 1 is 1.21 bits per heavy atom. The van der Waals surface area contributed by atoms with Gasteiger partial charge in [-0.1, -0.05) is 17.8 Å². The Kier molecular flexibility index (Phi) is 8.77. The fourth-order valence-corrected chi connectivity index (χ4v) is 3.76. The van der Waals surface area contributed by atoms with E-state index in [1.54, 1.807) is 34.9 Å². The number of aromatic nitrogens is 3. The predicted octanol–water partition coefficient (Wildman–Crippen LogP) is 2.81. The molecule has 1 aromatic heterocycles. The molecule has 3 rings (SSSR count). The van der Waals surface area contributed by atoms with E-state index in [1.165, 1.54) is 31.4 Å². The number of amides is 2. The predicted molar refractivity (Wildman–Crippen MR) is 126 cm³/mol. The molecule has 0 aliphatic carbocycles. The molecule has 3 aromatic rings. The van der Waals surface area contributed by atoms with Crippen molar-refractivity contribution < 1.29 is 23.8 Å². The van der Waals surface area contributed by atoms with Crippen molar-refractivity contribution in [1.82, 2.24) is 20.1 Å². The van der Waals surface area contributed by atoms with Crippen molar-refractivity contribution in [3.8, 4) is 5.75 Å². The van der Waals surface area contributed by atoms with Crippen LogP contribution in [-0.2, 0) is 11.3 Å². The molecule has 11 heteroatoms. The summed E-state index contributed by atoms with van der Waals surface area (Å²) in [5, 5.41) is 24.0. The number of carbonyl (C=O) groups excluding carboxylic acids is 2. The Morgan fingerprint density at radius 2 is 1.91 bits per heavy atom. The summed E-state index contributed by atoms with van der Waals surface area (Å²) in [6.07, 6.45) is 1.62. The molecule has 0 bridgehead atoms. The molecule has 0 fully saturated rings. The van der Waals surface area contributed by atoms with Crippen molar-refractivity contribution in [1.29, 1.82) is 0 Å². The van der Waals surface area contributed by atoms with E-state index in [0.29, 0.717) is 34.5 Å². The quantitative estimate of drug-likeness (QED) is 0.282. The summed E-state index contributed by atoms with van der Waals surface area (Å²) in [6, 6.07) is 11.2. The number of hydrogen-bond donors (Lipinski definition) is 3. The maximum atomic E-state index is 13.0. The molecule has 1 heterocycles. The van der Waals surface area contributed by atoms with E-state index in [4.69, 9.17) is 4.74 Å². The fourth-order valence-electron chi connectivity index (χ4n) is 3.00. The fraction of sp³-hybridized carbons (Fsp3) is 0.217. The van der Waals surface area contributed by atoms with E-state index < -0.39 is 24.4 Å². The highest BCUT2D eigenvalue weighted by Gasteiger charge is 2.23. The molecule has 0 saturated carbocycles. The zero-order chi connectivity index (χ0) is 24.5. The van der Waals surface area contributed by atoms with E-state index in [1.807, 2.05) is 0 Å². The van der Waals surface area contributed by atoms with Gasteiger partial charge in [0.25, 0.3) is 5.91 Å². The van der Waals surface area contributed by atoms with Gasteiger partial charge in [0.1, 0.15) is 17.6 Å². The van der Waals surface area contributed by atoms with Crippen LogP contribution in [0.2, 0.25) is 0 Å². The minimum absolute atomic E-state index is 0.0225. The number of anilines is 1. The molecule has 0 spiro atoms. The maximum Gasteiger partial charge on any atom is 0.251 e. The summed E-state index contributed by atoms with van der Waals surface area (Å²) in [5.74, 6) is -0.137. The first-order valence-electron chi connectivity index (χ1n) is 10.2. The summed E-state index contributed by atoms with van der Waals surface area (Å²) < 4.78 is 19.8. The van der Waals surface area contributed by atoms with Crippen LogP contribution < -0.4 is 15.4 Å². The molecule has 0 aliphatic rings. The third-order valence-electron chi connectivity index (χ3n) is 4.67. The summed E-state index contributed by atoms with van der Waals surface area (Å²) in [6.45, 7) is 3.62. The summed E-state index contributed by atoms with van der Waals surface area (Å²) in [4.78, 5) is 24.9. The first-order chi connectivity index (χ1) is 16.4. The number of nitrogens with zero attached hydrogens (tertiary/aromatic N) is 3. The minimum Gasteiger partial charge on any atom is -0.497 e. The van der Waals surface area contributed by atoms with Crippen LogP contribution in [0, 0.1) is 5.82 Å². The van der Waals surface area contributed by atoms with Crippen molar-refractivity contribution >= 4 is 29.3 Å². The van der Waals surface area contributed by atoms with E-state index in [-0.39, 0.29) is 11.7 Å². The smallest absolute Gasteiger partial charge is 0.251 e. The third kappa shape index (κ3) is 6.42. The zero-order valence-corrected chi connectivity index (χ0v) is 19.2. The molecule has 0 saturated heterocycles. The molecular weight excluding hydrogens is 461 g/mol. The molecular formula is C23H24FN5O4S. The van der Waals surface area contributed by atoms with Gasteiger partial charge in [-0.05, 0) is 48.5 Å². The standard InChI is InChI=1S/C23H24FN5O4S/c1-3-12-29-21(19(13-30)26-22(32)15-4-10-18(33-2)11-5-15)27-28-23(29)34-14-20(31)25-17-8-6-16(24)7-9-17/h3-11,19,30H,1,12-14H2,2H3,(H,25,31)(H,26,32)/t19-/m0/s1. The van der Waals surface area contributed by atoms with Gasteiger partial charge < -0.3 is 25.0 Å². The zero-order valence-electron chi connectivity index (χ0n) is 18.4. The molecule has 2 aromatic carbocycles. The average molecular weight is 486 g/mol. The highest BCUT2D eigenvalue weighted by atomic mass is 32.2. The van der Waals surface area contributed by atoms with E-state index in [2.05, 4.69) is 27.4 Å². The van der Waals surface area contributed by atoms with Crippen molar-refractivity contribution in [2.75, 3.05) is 24.8 Å². The first kappa shape index (κ1) is 24.9. The highest BCUT2D eigenvalue weighted by molar-refractivity contribution is 7.99. The number of rotatable bonds is 11. The Hall–Kier alpha value is -3.70. The third-order valence-corrected chi connectivity index (χ3v) is 5.64. The van der Waals surface area contributed by atoms with Crippen LogP contribution in [0.5, 0.6) is 5.75 Å². The number of methoxy groups -OCH3 is 1. The number of aliphatic hydroxyl groups excluding tert-OH is 1. The molecule has 178 valence electrons. The topological polar surface area (TPSA) is 118 Å². The van der Waals surface area contributed by atoms with Gasteiger partial charge in [-0.25, -0.2) is 4.39 Å². The number of carbonyl (C=O) groups is 2. The van der Waals surface area contributed by atoms with Crippen molar-refractivity contribution in [2.45, 2.75) is 17.7 Å². The molecule has 3 N–H and O–H groups in total. The lowest BCUT2D eigenvalue weighted by molar-refractivity contribution is -0.113. The second kappa shape index (κ2) is 12.0. The van der Waals surface area contributed by atoms with Gasteiger partial charge in [-0.15, -0.1) is 16.8 Å². The van der Waals surface area contributed by atoms with Crippen molar-refractivity contribution in [2.24, 2.45) is 0 Å². The monoisotopic (exact) mass is 485 g/mol. The Balaban J connectivity index is 1.69. The van der Waals surface area contributed by atoms with Crippen molar-refractivity contribution in [3.05, 3.63) is 78.4 Å². The van der Waals surface area contributed by atoms with Crippen LogP contribution in [0.1, 0.15) is 22.2 Å². The summed E-state index contributed by atoms with van der Waals surface area (Å²) in [5.41, 5.74) is 0.864. The van der Waals surface area contributed by atoms with Crippen LogP contribution in [0.25, 0.3) is 0 Å². The van der Waals surface area contributed by atoms with Gasteiger partial charge in [-0.2, -0.15) is 0 Å². The molecule has 2 amide bonds. The number of allylic oxidation sites excluding steroid dienone is 1. The SMILES string of the molecule is C=CCn1c(SCC(=O)Nc2ccc(F)cc2)nnc1[C@H](CO)NC(=O)c1ccc(OC)cc1. The Bertz CT molecular complexity index is 1140. The van der Waals surface area contributed by atoms with Crippen LogP contribution in [0.15, 0.2) is 66.3 Å². The Morgan fingerprint density at radius 3 is 2.53 bits per heavy atom. The number of halogens is 1. The summed E-state index contributed by atoms with van der Waals surface area (Å²) >= 11 is 1.13. The number of hydrogen-bond acceptors (Lipinski definition) is 7. The van der Waals surface area contributed by atoms with Gasteiger partial charge >= 0.3 is 0 Å².